The second-order valence-electron chi connectivity index (χ2n) is 5.22. The molecular formula is C14H18N2O4. The Hall–Kier alpha value is -2.08. The van der Waals surface area contributed by atoms with E-state index < -0.39 is 12.0 Å². The van der Waals surface area contributed by atoms with Crippen LogP contribution >= 0.6 is 0 Å². The summed E-state index contributed by atoms with van der Waals surface area (Å²) in [6, 6.07) is 4.03. The Morgan fingerprint density at radius 3 is 2.65 bits per heavy atom. The number of hydrogen-bond acceptors (Lipinski definition) is 4. The fraction of sp³-hybridized carbons (Fsp3) is 0.429. The number of likely N-dealkylation sites (N-methyl/N-ethyl adjacent to an activating group) is 1. The number of phenols is 1. The van der Waals surface area contributed by atoms with Crippen LogP contribution in [0.15, 0.2) is 18.2 Å². The Labute approximate surface area is 117 Å². The number of nitrogens with one attached hydrogen (secondary N) is 1. The molecule has 0 aromatic heterocycles. The molecule has 1 aromatic rings. The van der Waals surface area contributed by atoms with E-state index in [0.29, 0.717) is 13.0 Å². The van der Waals surface area contributed by atoms with Crippen LogP contribution in [0.4, 0.5) is 0 Å². The monoisotopic (exact) mass is 278 g/mol. The molecule has 6 heteroatoms. The normalized spacial score (nSPS) is 22.7. The molecule has 108 valence electrons. The third-order valence-corrected chi connectivity index (χ3v) is 3.57. The largest absolute Gasteiger partial charge is 0.507 e. The predicted octanol–water partition coefficient (Wildman–Crippen LogP) is 0.588. The number of carbonyl (C=O) groups excluding carboxylic acids is 1. The van der Waals surface area contributed by atoms with Crippen LogP contribution in [0.25, 0.3) is 0 Å². The molecule has 1 fully saturated rings. The number of carboxylic acids is 1. The van der Waals surface area contributed by atoms with Crippen molar-refractivity contribution in [3.63, 3.8) is 0 Å². The summed E-state index contributed by atoms with van der Waals surface area (Å²) in [5.41, 5.74) is 1.07. The molecule has 0 unspecified atom stereocenters. The van der Waals surface area contributed by atoms with Crippen molar-refractivity contribution < 1.29 is 19.8 Å². The predicted molar refractivity (Wildman–Crippen MR) is 72.8 cm³/mol. The Morgan fingerprint density at radius 1 is 1.40 bits per heavy atom. The number of aromatic hydroxyl groups is 1. The average Bonchev–Trinajstić information content (AvgIpc) is 2.70. The lowest BCUT2D eigenvalue weighted by Crippen LogP contribution is -2.36. The summed E-state index contributed by atoms with van der Waals surface area (Å²) in [6.07, 6.45) is 0.365. The number of carboxylic acid groups (broad SMARTS) is 1. The number of nitrogens with zero attached hydrogens (tertiary/aromatic N) is 1. The van der Waals surface area contributed by atoms with E-state index in [-0.39, 0.29) is 23.3 Å². The quantitative estimate of drug-likeness (QED) is 0.753. The van der Waals surface area contributed by atoms with Crippen LogP contribution < -0.4 is 5.32 Å². The first-order valence-electron chi connectivity index (χ1n) is 6.42. The topological polar surface area (TPSA) is 89.9 Å². The summed E-state index contributed by atoms with van der Waals surface area (Å²) in [5.74, 6) is -1.34. The van der Waals surface area contributed by atoms with E-state index in [2.05, 4.69) is 5.32 Å². The number of hydrogen-bond donors (Lipinski definition) is 3. The first-order valence-corrected chi connectivity index (χ1v) is 6.42. The highest BCUT2D eigenvalue weighted by Crippen LogP contribution is 2.20. The highest BCUT2D eigenvalue weighted by Gasteiger charge is 2.35. The summed E-state index contributed by atoms with van der Waals surface area (Å²) >= 11 is 0. The van der Waals surface area contributed by atoms with E-state index in [1.165, 1.54) is 6.07 Å². The molecule has 1 aliphatic rings. The zero-order valence-electron chi connectivity index (χ0n) is 11.5. The second kappa shape index (κ2) is 5.50. The number of rotatable bonds is 3. The van der Waals surface area contributed by atoms with Crippen molar-refractivity contribution in [3.8, 4) is 5.75 Å². The van der Waals surface area contributed by atoms with Crippen molar-refractivity contribution in [3.05, 3.63) is 29.3 Å². The zero-order chi connectivity index (χ0) is 14.9. The molecule has 2 atom stereocenters. The molecule has 0 spiro atoms. The van der Waals surface area contributed by atoms with Gasteiger partial charge >= 0.3 is 5.97 Å². The van der Waals surface area contributed by atoms with Crippen LogP contribution in [-0.2, 0) is 4.79 Å². The van der Waals surface area contributed by atoms with Crippen molar-refractivity contribution in [2.75, 3.05) is 13.6 Å². The Balaban J connectivity index is 2.04. The number of aliphatic carboxylic acids is 1. The van der Waals surface area contributed by atoms with Gasteiger partial charge in [0.1, 0.15) is 11.8 Å². The van der Waals surface area contributed by atoms with E-state index in [1.54, 1.807) is 24.1 Å². The van der Waals surface area contributed by atoms with Crippen molar-refractivity contribution >= 4 is 11.9 Å². The third kappa shape index (κ3) is 2.91. The van der Waals surface area contributed by atoms with E-state index in [1.807, 2.05) is 6.92 Å². The molecule has 2 rings (SSSR count). The van der Waals surface area contributed by atoms with Crippen molar-refractivity contribution in [2.45, 2.75) is 25.4 Å². The lowest BCUT2D eigenvalue weighted by molar-refractivity contribution is -0.141. The number of carbonyl (C=O) groups is 2. The van der Waals surface area contributed by atoms with Gasteiger partial charge in [-0.3, -0.25) is 14.5 Å². The van der Waals surface area contributed by atoms with Crippen LogP contribution in [0.3, 0.4) is 0 Å². The number of likely N-dealkylation sites (tertiary alicyclic amines) is 1. The van der Waals surface area contributed by atoms with Gasteiger partial charge in [-0.2, -0.15) is 0 Å². The van der Waals surface area contributed by atoms with Gasteiger partial charge in [0.25, 0.3) is 5.91 Å². The van der Waals surface area contributed by atoms with Crippen molar-refractivity contribution in [1.82, 2.24) is 10.2 Å². The smallest absolute Gasteiger partial charge is 0.320 e. The van der Waals surface area contributed by atoms with Crippen molar-refractivity contribution in [2.24, 2.45) is 0 Å². The molecule has 1 aromatic carbocycles. The molecule has 0 aliphatic carbocycles. The maximum Gasteiger partial charge on any atom is 0.320 e. The van der Waals surface area contributed by atoms with Gasteiger partial charge in [0.2, 0.25) is 0 Å². The fourth-order valence-electron chi connectivity index (χ4n) is 2.49. The Morgan fingerprint density at radius 2 is 2.10 bits per heavy atom. The fourth-order valence-corrected chi connectivity index (χ4v) is 2.49. The van der Waals surface area contributed by atoms with Crippen LogP contribution in [0.5, 0.6) is 5.75 Å². The first kappa shape index (κ1) is 14.3. The molecule has 1 saturated heterocycles. The minimum absolute atomic E-state index is 0.0661. The molecule has 0 saturated carbocycles. The second-order valence-corrected chi connectivity index (χ2v) is 5.22. The van der Waals surface area contributed by atoms with Gasteiger partial charge in [0.05, 0.1) is 5.56 Å². The molecular weight excluding hydrogens is 260 g/mol. The SMILES string of the molecule is Cc1ccc(C(=O)N[C@H]2C[C@@H](C(=O)O)N(C)C2)c(O)c1. The summed E-state index contributed by atoms with van der Waals surface area (Å²) in [7, 11) is 1.72. The third-order valence-electron chi connectivity index (χ3n) is 3.57. The van der Waals surface area contributed by atoms with E-state index in [9.17, 15) is 14.7 Å². The van der Waals surface area contributed by atoms with Gasteiger partial charge in [0, 0.05) is 12.6 Å². The summed E-state index contributed by atoms with van der Waals surface area (Å²) in [6.45, 7) is 2.31. The van der Waals surface area contributed by atoms with Gasteiger partial charge in [0.15, 0.2) is 0 Å². The molecule has 0 bridgehead atoms. The van der Waals surface area contributed by atoms with Gasteiger partial charge in [-0.1, -0.05) is 6.07 Å². The average molecular weight is 278 g/mol. The van der Waals surface area contributed by atoms with Gasteiger partial charge in [-0.15, -0.1) is 0 Å². The van der Waals surface area contributed by atoms with Crippen LogP contribution in [-0.4, -0.2) is 52.7 Å². The minimum Gasteiger partial charge on any atom is -0.507 e. The maximum absolute atomic E-state index is 12.1. The molecule has 1 amide bonds. The number of benzene rings is 1. The van der Waals surface area contributed by atoms with Crippen LogP contribution in [0.1, 0.15) is 22.3 Å². The Bertz CT molecular complexity index is 544. The minimum atomic E-state index is -0.887. The van der Waals surface area contributed by atoms with Gasteiger partial charge < -0.3 is 15.5 Å². The van der Waals surface area contributed by atoms with Gasteiger partial charge in [-0.25, -0.2) is 0 Å². The number of amides is 1. The molecule has 20 heavy (non-hydrogen) atoms. The van der Waals surface area contributed by atoms with E-state index in [0.717, 1.165) is 5.56 Å². The molecule has 1 heterocycles. The van der Waals surface area contributed by atoms with Gasteiger partial charge in [-0.05, 0) is 38.1 Å². The van der Waals surface area contributed by atoms with Crippen LogP contribution in [0.2, 0.25) is 0 Å². The standard InChI is InChI=1S/C14H18N2O4/c1-8-3-4-10(12(17)5-8)13(18)15-9-6-11(14(19)20)16(2)7-9/h3-5,9,11,17H,6-7H2,1-2H3,(H,15,18)(H,19,20)/t9-,11-/m0/s1. The summed E-state index contributed by atoms with van der Waals surface area (Å²) < 4.78 is 0. The van der Waals surface area contributed by atoms with Crippen LogP contribution in [0, 0.1) is 6.92 Å². The maximum atomic E-state index is 12.1. The summed E-state index contributed by atoms with van der Waals surface area (Å²) in [5, 5.41) is 21.6. The zero-order valence-corrected chi connectivity index (χ0v) is 11.5. The van der Waals surface area contributed by atoms with E-state index >= 15 is 0 Å². The lowest BCUT2D eigenvalue weighted by Gasteiger charge is -2.14. The first-order chi connectivity index (χ1) is 9.38. The molecule has 3 N–H and O–H groups in total. The molecule has 0 radical (unpaired) electrons. The lowest BCUT2D eigenvalue weighted by atomic mass is 10.1. The number of phenolic OH excluding ortho intramolecular Hbond substituents is 1. The Kier molecular flexibility index (Phi) is 3.94. The molecule has 6 nitrogen and oxygen atoms in total. The van der Waals surface area contributed by atoms with Crippen molar-refractivity contribution in [1.29, 1.82) is 0 Å². The highest BCUT2D eigenvalue weighted by atomic mass is 16.4. The number of aryl methyl sites for hydroxylation is 1. The summed E-state index contributed by atoms with van der Waals surface area (Å²) in [4.78, 5) is 24.8. The highest BCUT2D eigenvalue weighted by molar-refractivity contribution is 5.97. The van der Waals surface area contributed by atoms with E-state index in [4.69, 9.17) is 5.11 Å². The molecule has 1 aliphatic heterocycles.